The smallest absolute Gasteiger partial charge is 0.161 e. The number of nitriles is 2. The molecule has 0 saturated heterocycles. The highest BCUT2D eigenvalue weighted by molar-refractivity contribution is 6.22. The zero-order chi connectivity index (χ0) is 37.3. The molecule has 0 aliphatic heterocycles. The largest absolute Gasteiger partial charge is 0.456 e. The maximum Gasteiger partial charge on any atom is 0.161 e. The molecule has 6 heteroatoms. The van der Waals surface area contributed by atoms with E-state index in [1.54, 1.807) is 6.07 Å². The quantitative estimate of drug-likeness (QED) is 0.181. The molecule has 0 amide bonds. The van der Waals surface area contributed by atoms with Crippen molar-refractivity contribution in [3.63, 3.8) is 0 Å². The third kappa shape index (κ3) is 4.81. The molecule has 11 rings (SSSR count). The van der Waals surface area contributed by atoms with Crippen LogP contribution in [-0.4, -0.2) is 14.5 Å². The Bertz CT molecular complexity index is 3480. The monoisotopic (exact) mass is 713 g/mol. The second kappa shape index (κ2) is 12.2. The third-order valence-electron chi connectivity index (χ3n) is 10.8. The summed E-state index contributed by atoms with van der Waals surface area (Å²) in [6.45, 7) is 0. The molecule has 8 aromatic carbocycles. The van der Waals surface area contributed by atoms with Crippen molar-refractivity contribution < 1.29 is 4.42 Å². The van der Waals surface area contributed by atoms with Gasteiger partial charge in [-0.25, -0.2) is 9.97 Å². The van der Waals surface area contributed by atoms with Gasteiger partial charge in [0.2, 0.25) is 0 Å². The van der Waals surface area contributed by atoms with E-state index in [1.165, 1.54) is 0 Å². The predicted octanol–water partition coefficient (Wildman–Crippen LogP) is 12.5. The van der Waals surface area contributed by atoms with E-state index in [2.05, 4.69) is 108 Å². The summed E-state index contributed by atoms with van der Waals surface area (Å²) >= 11 is 0. The van der Waals surface area contributed by atoms with E-state index >= 15 is 0 Å². The van der Waals surface area contributed by atoms with Crippen LogP contribution in [0.25, 0.3) is 105 Å². The summed E-state index contributed by atoms with van der Waals surface area (Å²) in [5, 5.41) is 27.1. The van der Waals surface area contributed by atoms with Crippen LogP contribution in [0.4, 0.5) is 0 Å². The summed E-state index contributed by atoms with van der Waals surface area (Å²) in [5.74, 6) is 0.641. The molecule has 11 aromatic rings. The maximum atomic E-state index is 9.84. The molecule has 0 N–H and O–H groups in total. The molecule has 0 spiro atoms. The molecular formula is C50H27N5O. The summed E-state index contributed by atoms with van der Waals surface area (Å²) in [5.41, 5.74) is 11.0. The average molecular weight is 714 g/mol. The summed E-state index contributed by atoms with van der Waals surface area (Å²) < 4.78 is 8.63. The van der Waals surface area contributed by atoms with Gasteiger partial charge in [0, 0.05) is 43.7 Å². The topological polar surface area (TPSA) is 91.4 Å². The number of hydrogen-bond donors (Lipinski definition) is 0. The SMILES string of the molecule is N#Cc1cc(C#N)cc(-n2c3ccc(-c4ccc5oc6cccc(-c7nc(-c8ccccc8)c8ccccc8n7)c6c5c4)cc3c3c4ccccc4ccc32)c1. The first-order chi connectivity index (χ1) is 27.6. The molecule has 0 radical (unpaired) electrons. The molecule has 0 fully saturated rings. The Hall–Kier alpha value is -8.06. The Balaban J connectivity index is 1.13. The number of nitrogens with zero attached hydrogens (tertiary/aromatic N) is 5. The fourth-order valence-electron chi connectivity index (χ4n) is 8.32. The molecule has 0 aliphatic rings. The van der Waals surface area contributed by atoms with E-state index in [-0.39, 0.29) is 0 Å². The Labute approximate surface area is 320 Å². The molecule has 0 aliphatic carbocycles. The summed E-state index contributed by atoms with van der Waals surface area (Å²) in [7, 11) is 0. The molecule has 0 bridgehead atoms. The van der Waals surface area contributed by atoms with E-state index in [0.29, 0.717) is 17.0 Å². The van der Waals surface area contributed by atoms with Gasteiger partial charge in [-0.3, -0.25) is 0 Å². The zero-order valence-electron chi connectivity index (χ0n) is 29.7. The molecule has 0 unspecified atom stereocenters. The standard InChI is InChI=1S/C50H27N5O/c51-28-30-23-31(29-52)25-36(24-30)55-43-20-18-34(26-40(43)47-37-12-5-4-9-32(37)17-21-44(47)55)35-19-22-45-41(27-35)48-39(14-8-16-46(48)56-45)50-53-42-15-7-6-13-38(42)49(54-50)33-10-2-1-3-11-33/h1-27H. The number of aromatic nitrogens is 3. The molecule has 3 aromatic heterocycles. The second-order valence-electron chi connectivity index (χ2n) is 14.0. The van der Waals surface area contributed by atoms with Gasteiger partial charge < -0.3 is 8.98 Å². The van der Waals surface area contributed by atoms with Gasteiger partial charge in [-0.15, -0.1) is 0 Å². The Morgan fingerprint density at radius 1 is 0.482 bits per heavy atom. The lowest BCUT2D eigenvalue weighted by Crippen LogP contribution is -1.96. The van der Waals surface area contributed by atoms with Crippen LogP contribution in [0.2, 0.25) is 0 Å². The zero-order valence-corrected chi connectivity index (χ0v) is 29.7. The van der Waals surface area contributed by atoms with E-state index in [0.717, 1.165) is 99.1 Å². The van der Waals surface area contributed by atoms with Crippen molar-refractivity contribution in [2.75, 3.05) is 0 Å². The van der Waals surface area contributed by atoms with Crippen LogP contribution in [0.3, 0.4) is 0 Å². The second-order valence-corrected chi connectivity index (χ2v) is 14.0. The van der Waals surface area contributed by atoms with Gasteiger partial charge in [-0.05, 0) is 82.6 Å². The fourth-order valence-corrected chi connectivity index (χ4v) is 8.32. The lowest BCUT2D eigenvalue weighted by atomic mass is 9.98. The minimum atomic E-state index is 0.442. The minimum absolute atomic E-state index is 0.442. The van der Waals surface area contributed by atoms with Crippen molar-refractivity contribution in [1.29, 1.82) is 10.5 Å². The number of furan rings is 1. The van der Waals surface area contributed by atoms with Gasteiger partial charge in [0.05, 0.1) is 45.5 Å². The van der Waals surface area contributed by atoms with Gasteiger partial charge in [-0.1, -0.05) is 103 Å². The average Bonchev–Trinajstić information content (AvgIpc) is 3.81. The van der Waals surface area contributed by atoms with Crippen LogP contribution in [-0.2, 0) is 0 Å². The lowest BCUT2D eigenvalue weighted by molar-refractivity contribution is 0.669. The summed E-state index contributed by atoms with van der Waals surface area (Å²) in [6.07, 6.45) is 0. The summed E-state index contributed by atoms with van der Waals surface area (Å²) in [4.78, 5) is 10.3. The number of para-hydroxylation sites is 1. The first kappa shape index (κ1) is 31.5. The third-order valence-corrected chi connectivity index (χ3v) is 10.8. The number of rotatable bonds is 4. The van der Waals surface area contributed by atoms with Crippen LogP contribution >= 0.6 is 0 Å². The lowest BCUT2D eigenvalue weighted by Gasteiger charge is -2.10. The molecule has 0 atom stereocenters. The van der Waals surface area contributed by atoms with Gasteiger partial charge >= 0.3 is 0 Å². The Morgan fingerprint density at radius 2 is 1.20 bits per heavy atom. The van der Waals surface area contributed by atoms with Gasteiger partial charge in [0.1, 0.15) is 11.2 Å². The first-order valence-electron chi connectivity index (χ1n) is 18.3. The van der Waals surface area contributed by atoms with Crippen LogP contribution < -0.4 is 0 Å². The highest BCUT2D eigenvalue weighted by Crippen LogP contribution is 2.42. The van der Waals surface area contributed by atoms with E-state index in [1.807, 2.05) is 66.7 Å². The van der Waals surface area contributed by atoms with Gasteiger partial charge in [0.25, 0.3) is 0 Å². The van der Waals surface area contributed by atoms with E-state index in [4.69, 9.17) is 14.4 Å². The number of hydrogen-bond acceptors (Lipinski definition) is 5. The summed E-state index contributed by atoms with van der Waals surface area (Å²) in [6, 6.07) is 59.8. The first-order valence-corrected chi connectivity index (χ1v) is 18.3. The van der Waals surface area contributed by atoms with Crippen molar-refractivity contribution in [1.82, 2.24) is 14.5 Å². The highest BCUT2D eigenvalue weighted by Gasteiger charge is 2.20. The molecule has 56 heavy (non-hydrogen) atoms. The van der Waals surface area contributed by atoms with Crippen LogP contribution in [0.1, 0.15) is 11.1 Å². The fraction of sp³-hybridized carbons (Fsp3) is 0. The number of fused-ring (bicyclic) bond motifs is 9. The normalized spacial score (nSPS) is 11.5. The molecule has 3 heterocycles. The Kier molecular flexibility index (Phi) is 6.88. The van der Waals surface area contributed by atoms with E-state index < -0.39 is 0 Å². The Morgan fingerprint density at radius 3 is 2.02 bits per heavy atom. The highest BCUT2D eigenvalue weighted by atomic mass is 16.3. The van der Waals surface area contributed by atoms with Crippen molar-refractivity contribution in [2.45, 2.75) is 0 Å². The molecule has 258 valence electrons. The van der Waals surface area contributed by atoms with Crippen LogP contribution in [0.15, 0.2) is 168 Å². The van der Waals surface area contributed by atoms with Crippen molar-refractivity contribution >= 4 is 65.4 Å². The number of benzene rings is 8. The molecule has 6 nitrogen and oxygen atoms in total. The van der Waals surface area contributed by atoms with Crippen molar-refractivity contribution in [2.24, 2.45) is 0 Å². The van der Waals surface area contributed by atoms with Gasteiger partial charge in [0.15, 0.2) is 5.82 Å². The molecule has 0 saturated carbocycles. The van der Waals surface area contributed by atoms with Gasteiger partial charge in [-0.2, -0.15) is 10.5 Å². The van der Waals surface area contributed by atoms with Crippen molar-refractivity contribution in [3.05, 3.63) is 175 Å². The van der Waals surface area contributed by atoms with Crippen LogP contribution in [0.5, 0.6) is 0 Å². The van der Waals surface area contributed by atoms with Crippen molar-refractivity contribution in [3.8, 4) is 51.6 Å². The predicted molar refractivity (Wildman–Crippen MR) is 224 cm³/mol. The van der Waals surface area contributed by atoms with E-state index in [9.17, 15) is 10.5 Å². The maximum absolute atomic E-state index is 9.84. The molecular weight excluding hydrogens is 687 g/mol. The van der Waals surface area contributed by atoms with Crippen LogP contribution in [0, 0.1) is 22.7 Å². The minimum Gasteiger partial charge on any atom is -0.456 e.